The van der Waals surface area contributed by atoms with Crippen molar-refractivity contribution in [1.29, 1.82) is 0 Å². The first kappa shape index (κ1) is 24.0. The lowest BCUT2D eigenvalue weighted by Crippen LogP contribution is -2.45. The maximum absolute atomic E-state index is 12.4. The molecule has 2 aliphatic rings. The van der Waals surface area contributed by atoms with Crippen LogP contribution in [-0.2, 0) is 14.4 Å². The number of amides is 2. The van der Waals surface area contributed by atoms with Crippen LogP contribution in [0.3, 0.4) is 0 Å². The third-order valence-electron chi connectivity index (χ3n) is 5.38. The predicted octanol–water partition coefficient (Wildman–Crippen LogP) is 1.41. The van der Waals surface area contributed by atoms with Crippen LogP contribution in [0.5, 0.6) is 0 Å². The highest BCUT2D eigenvalue weighted by Gasteiger charge is 2.30. The third-order valence-corrected chi connectivity index (χ3v) is 6.03. The molecule has 2 fully saturated rings. The maximum atomic E-state index is 12.4. The first-order valence-corrected chi connectivity index (χ1v) is 10.9. The van der Waals surface area contributed by atoms with E-state index in [1.54, 1.807) is 11.8 Å². The Labute approximate surface area is 171 Å². The van der Waals surface area contributed by atoms with Crippen LogP contribution < -0.4 is 16.0 Å². The van der Waals surface area contributed by atoms with Gasteiger partial charge in [0.1, 0.15) is 6.04 Å². The van der Waals surface area contributed by atoms with Gasteiger partial charge in [-0.25, -0.2) is 4.79 Å². The van der Waals surface area contributed by atoms with Gasteiger partial charge in [0.25, 0.3) is 0 Å². The fourth-order valence-corrected chi connectivity index (χ4v) is 4.16. The Hall–Kier alpha value is -0.990. The van der Waals surface area contributed by atoms with Gasteiger partial charge in [-0.2, -0.15) is 11.8 Å². The van der Waals surface area contributed by atoms with E-state index in [2.05, 4.69) is 16.0 Å². The SMILES string of the molecule is CSCC[C@H](NC(=O)C1CCC(CNC(=O)[C@@H]2CCCN2)CC1)C(=O)O.Cl. The Balaban J connectivity index is 0.00000364. The van der Waals surface area contributed by atoms with E-state index >= 15 is 0 Å². The van der Waals surface area contributed by atoms with Crippen LogP contribution in [0.4, 0.5) is 0 Å². The van der Waals surface area contributed by atoms with Crippen LogP contribution in [0.25, 0.3) is 0 Å². The van der Waals surface area contributed by atoms with Crippen molar-refractivity contribution in [1.82, 2.24) is 16.0 Å². The summed E-state index contributed by atoms with van der Waals surface area (Å²) in [5.74, 6) is -0.0360. The summed E-state index contributed by atoms with van der Waals surface area (Å²) in [6.45, 7) is 1.57. The molecule has 7 nitrogen and oxygen atoms in total. The van der Waals surface area contributed by atoms with Crippen molar-refractivity contribution < 1.29 is 19.5 Å². The summed E-state index contributed by atoms with van der Waals surface area (Å²) in [7, 11) is 0. The molecule has 156 valence electrons. The summed E-state index contributed by atoms with van der Waals surface area (Å²) < 4.78 is 0. The van der Waals surface area contributed by atoms with Crippen LogP contribution in [0, 0.1) is 11.8 Å². The molecule has 9 heteroatoms. The minimum atomic E-state index is -0.968. The van der Waals surface area contributed by atoms with E-state index < -0.39 is 12.0 Å². The molecule has 1 heterocycles. The monoisotopic (exact) mass is 421 g/mol. The molecule has 1 aliphatic carbocycles. The number of thioether (sulfide) groups is 1. The third kappa shape index (κ3) is 7.87. The van der Waals surface area contributed by atoms with Crippen molar-refractivity contribution in [3.8, 4) is 0 Å². The predicted molar refractivity (Wildman–Crippen MR) is 109 cm³/mol. The number of carboxylic acid groups (broad SMARTS) is 1. The molecule has 0 aromatic heterocycles. The van der Waals surface area contributed by atoms with Crippen LogP contribution in [0.1, 0.15) is 44.9 Å². The highest BCUT2D eigenvalue weighted by atomic mass is 35.5. The number of halogens is 1. The van der Waals surface area contributed by atoms with E-state index in [4.69, 9.17) is 0 Å². The van der Waals surface area contributed by atoms with Crippen LogP contribution in [-0.4, -0.2) is 60.1 Å². The van der Waals surface area contributed by atoms with Gasteiger partial charge in [-0.05, 0) is 69.4 Å². The zero-order valence-corrected chi connectivity index (χ0v) is 17.5. The van der Waals surface area contributed by atoms with Gasteiger partial charge < -0.3 is 21.1 Å². The molecule has 2 amide bonds. The molecule has 2 atom stereocenters. The second kappa shape index (κ2) is 12.5. The summed E-state index contributed by atoms with van der Waals surface area (Å²) in [4.78, 5) is 35.7. The number of carbonyl (C=O) groups is 3. The maximum Gasteiger partial charge on any atom is 0.326 e. The summed E-state index contributed by atoms with van der Waals surface area (Å²) in [5, 5.41) is 18.1. The Bertz CT molecular complexity index is 495. The number of carboxylic acids is 1. The van der Waals surface area contributed by atoms with Gasteiger partial charge in [0.05, 0.1) is 6.04 Å². The smallest absolute Gasteiger partial charge is 0.326 e. The molecule has 0 aromatic carbocycles. The minimum absolute atomic E-state index is 0. The Kier molecular flexibility index (Phi) is 11.1. The Morgan fingerprint density at radius 3 is 2.41 bits per heavy atom. The molecule has 1 aliphatic heterocycles. The zero-order valence-electron chi connectivity index (χ0n) is 15.9. The molecule has 2 rings (SSSR count). The van der Waals surface area contributed by atoms with E-state index in [1.807, 2.05) is 6.26 Å². The van der Waals surface area contributed by atoms with Crippen molar-refractivity contribution >= 4 is 42.0 Å². The molecule has 0 spiro atoms. The van der Waals surface area contributed by atoms with E-state index in [-0.39, 0.29) is 36.2 Å². The molecule has 1 saturated heterocycles. The lowest BCUT2D eigenvalue weighted by Gasteiger charge is -2.29. The first-order valence-electron chi connectivity index (χ1n) is 9.54. The summed E-state index contributed by atoms with van der Waals surface area (Å²) in [6, 6.07) is -0.850. The normalized spacial score (nSPS) is 25.9. The van der Waals surface area contributed by atoms with E-state index in [0.29, 0.717) is 24.6 Å². The molecule has 0 radical (unpaired) electrons. The van der Waals surface area contributed by atoms with Crippen molar-refractivity contribution in [2.75, 3.05) is 25.1 Å². The van der Waals surface area contributed by atoms with E-state index in [1.165, 1.54) is 0 Å². The van der Waals surface area contributed by atoms with Gasteiger partial charge >= 0.3 is 5.97 Å². The van der Waals surface area contributed by atoms with Gasteiger partial charge in [-0.15, -0.1) is 12.4 Å². The quantitative estimate of drug-likeness (QED) is 0.448. The highest BCUT2D eigenvalue weighted by molar-refractivity contribution is 7.98. The number of aliphatic carboxylic acids is 1. The van der Waals surface area contributed by atoms with Crippen molar-refractivity contribution in [3.05, 3.63) is 0 Å². The highest BCUT2D eigenvalue weighted by Crippen LogP contribution is 2.28. The van der Waals surface area contributed by atoms with Gasteiger partial charge in [0.15, 0.2) is 0 Å². The number of hydrogen-bond donors (Lipinski definition) is 4. The zero-order chi connectivity index (χ0) is 18.9. The van der Waals surface area contributed by atoms with E-state index in [9.17, 15) is 19.5 Å². The summed E-state index contributed by atoms with van der Waals surface area (Å²) in [5.41, 5.74) is 0. The molecular formula is C18H32ClN3O4S. The molecule has 4 N–H and O–H groups in total. The first-order chi connectivity index (χ1) is 12.5. The van der Waals surface area contributed by atoms with Crippen molar-refractivity contribution in [3.63, 3.8) is 0 Å². The summed E-state index contributed by atoms with van der Waals surface area (Å²) in [6.07, 6.45) is 7.60. The van der Waals surface area contributed by atoms with Gasteiger partial charge in [-0.1, -0.05) is 0 Å². The van der Waals surface area contributed by atoms with Crippen LogP contribution >= 0.6 is 24.2 Å². The Morgan fingerprint density at radius 2 is 1.85 bits per heavy atom. The molecular weight excluding hydrogens is 390 g/mol. The Morgan fingerprint density at radius 1 is 1.15 bits per heavy atom. The molecule has 1 saturated carbocycles. The van der Waals surface area contributed by atoms with Crippen LogP contribution in [0.15, 0.2) is 0 Å². The van der Waals surface area contributed by atoms with Gasteiger partial charge in [-0.3, -0.25) is 9.59 Å². The topological polar surface area (TPSA) is 108 Å². The van der Waals surface area contributed by atoms with Crippen LogP contribution in [0.2, 0.25) is 0 Å². The lowest BCUT2D eigenvalue weighted by molar-refractivity contribution is -0.142. The fourth-order valence-electron chi connectivity index (χ4n) is 3.69. The van der Waals surface area contributed by atoms with Gasteiger partial charge in [0, 0.05) is 12.5 Å². The van der Waals surface area contributed by atoms with Crippen molar-refractivity contribution in [2.24, 2.45) is 11.8 Å². The van der Waals surface area contributed by atoms with Crippen molar-refractivity contribution in [2.45, 2.75) is 57.0 Å². The minimum Gasteiger partial charge on any atom is -0.480 e. The molecule has 0 bridgehead atoms. The van der Waals surface area contributed by atoms with Gasteiger partial charge in [0.2, 0.25) is 11.8 Å². The molecule has 0 aromatic rings. The van der Waals surface area contributed by atoms with E-state index in [0.717, 1.165) is 45.1 Å². The lowest BCUT2D eigenvalue weighted by atomic mass is 9.81. The largest absolute Gasteiger partial charge is 0.480 e. The summed E-state index contributed by atoms with van der Waals surface area (Å²) >= 11 is 1.57. The molecule has 0 unspecified atom stereocenters. The number of hydrogen-bond acceptors (Lipinski definition) is 5. The average molecular weight is 422 g/mol. The molecule has 27 heavy (non-hydrogen) atoms. The average Bonchev–Trinajstić information content (AvgIpc) is 3.18. The fraction of sp³-hybridized carbons (Fsp3) is 0.833. The second-order valence-electron chi connectivity index (χ2n) is 7.29. The number of nitrogens with one attached hydrogen (secondary N) is 3. The second-order valence-corrected chi connectivity index (χ2v) is 8.28. The number of rotatable bonds is 9. The number of carbonyl (C=O) groups excluding carboxylic acids is 2. The standard InChI is InChI=1S/C18H31N3O4S.ClH/c1-26-10-8-15(18(24)25)21-16(22)13-6-4-12(5-7-13)11-20-17(23)14-3-2-9-19-14;/h12-15,19H,2-11H2,1H3,(H,20,23)(H,21,22)(H,24,25);1H/t12?,13?,14-,15-;/m0./s1.